The standard InChI is InChI=1S/C15H16NSSi.H2O.Ti/c1-5-11-16-13-8-6-7-9-14(13)17-15(16)10-12-18(2,3)4;;/h1,6-9H,11H2,2-4H3;1H2;/q+1;;/p-1. The van der Waals surface area contributed by atoms with Crippen LogP contribution < -0.4 is 4.57 Å². The molecule has 2 nitrogen and oxygen atoms in total. The molecule has 0 aliphatic heterocycles. The average molecular weight is 335 g/mol. The second kappa shape index (κ2) is 7.79. The van der Waals surface area contributed by atoms with E-state index in [1.165, 1.54) is 10.2 Å². The topological polar surface area (TPSA) is 33.9 Å². The van der Waals surface area contributed by atoms with E-state index in [-0.39, 0.29) is 27.2 Å². The molecular formula is C15H17NOSSiTi. The summed E-state index contributed by atoms with van der Waals surface area (Å²) in [6, 6.07) is 8.31. The molecule has 2 rings (SSSR count). The second-order valence-electron chi connectivity index (χ2n) is 5.17. The molecule has 0 unspecified atom stereocenters. The van der Waals surface area contributed by atoms with Crippen molar-refractivity contribution in [3.05, 3.63) is 29.3 Å². The molecule has 5 heteroatoms. The second-order valence-corrected chi connectivity index (χ2v) is 10.9. The quantitative estimate of drug-likeness (QED) is 0.448. The van der Waals surface area contributed by atoms with Crippen molar-refractivity contribution in [2.24, 2.45) is 0 Å². The monoisotopic (exact) mass is 335 g/mol. The molecule has 0 fully saturated rings. The molecule has 1 aromatic carbocycles. The van der Waals surface area contributed by atoms with Crippen LogP contribution in [0.25, 0.3) is 10.2 Å². The first-order valence-electron chi connectivity index (χ1n) is 5.89. The summed E-state index contributed by atoms with van der Waals surface area (Å²) < 4.78 is 3.38. The summed E-state index contributed by atoms with van der Waals surface area (Å²) >= 11 is 1.72. The van der Waals surface area contributed by atoms with Crippen LogP contribution in [0.4, 0.5) is 0 Å². The van der Waals surface area contributed by atoms with Crippen molar-refractivity contribution in [3.8, 4) is 23.8 Å². The van der Waals surface area contributed by atoms with E-state index in [9.17, 15) is 0 Å². The number of fused-ring (bicyclic) bond motifs is 1. The van der Waals surface area contributed by atoms with Crippen LogP contribution in [-0.4, -0.2) is 13.6 Å². The Hall–Kier alpha value is -0.879. The summed E-state index contributed by atoms with van der Waals surface area (Å²) in [7, 11) is -1.35. The van der Waals surface area contributed by atoms with Crippen LogP contribution in [-0.2, 0) is 28.3 Å². The number of rotatable bonds is 1. The Balaban J connectivity index is 0.00000180. The summed E-state index contributed by atoms with van der Waals surface area (Å²) in [5, 5.41) is 1.07. The van der Waals surface area contributed by atoms with Gasteiger partial charge in [0.05, 0.1) is 0 Å². The van der Waals surface area contributed by atoms with Gasteiger partial charge in [0.1, 0.15) is 12.8 Å². The van der Waals surface area contributed by atoms with Gasteiger partial charge in [0.25, 0.3) is 0 Å². The molecule has 0 radical (unpaired) electrons. The summed E-state index contributed by atoms with van der Waals surface area (Å²) in [5.74, 6) is 6.04. The van der Waals surface area contributed by atoms with Gasteiger partial charge in [0.2, 0.25) is 12.1 Å². The van der Waals surface area contributed by atoms with Crippen LogP contribution in [0.3, 0.4) is 0 Å². The van der Waals surface area contributed by atoms with E-state index in [1.54, 1.807) is 11.3 Å². The zero-order valence-corrected chi connectivity index (χ0v) is 15.3. The van der Waals surface area contributed by atoms with Crippen molar-refractivity contribution in [2.45, 2.75) is 26.2 Å². The molecular weight excluding hydrogens is 318 g/mol. The molecule has 0 amide bonds. The van der Waals surface area contributed by atoms with Crippen LogP contribution in [0.15, 0.2) is 24.3 Å². The van der Waals surface area contributed by atoms with Crippen molar-refractivity contribution in [1.82, 2.24) is 0 Å². The maximum absolute atomic E-state index is 5.46. The van der Waals surface area contributed by atoms with Crippen LogP contribution in [0.5, 0.6) is 0 Å². The third-order valence-electron chi connectivity index (χ3n) is 2.40. The predicted octanol–water partition coefficient (Wildman–Crippen LogP) is 2.87. The molecule has 1 aromatic heterocycles. The van der Waals surface area contributed by atoms with Crippen LogP contribution >= 0.6 is 11.3 Å². The number of hydrogen-bond donors (Lipinski definition) is 0. The number of nitrogens with zero attached hydrogens (tertiary/aromatic N) is 1. The maximum atomic E-state index is 5.46. The molecule has 20 heavy (non-hydrogen) atoms. The Morgan fingerprint density at radius 1 is 1.25 bits per heavy atom. The molecule has 0 saturated heterocycles. The number of thiazole rings is 1. The third kappa shape index (κ3) is 4.59. The van der Waals surface area contributed by atoms with Gasteiger partial charge in [0.15, 0.2) is 0 Å². The predicted molar refractivity (Wildman–Crippen MR) is 83.0 cm³/mol. The Morgan fingerprint density at radius 2 is 1.90 bits per heavy atom. The summed E-state index contributed by atoms with van der Waals surface area (Å²) in [6.45, 7) is 7.33. The van der Waals surface area contributed by atoms with Crippen molar-refractivity contribution in [3.63, 3.8) is 0 Å². The molecule has 1 N–H and O–H groups in total. The molecule has 0 bridgehead atoms. The minimum atomic E-state index is -1.35. The van der Waals surface area contributed by atoms with Gasteiger partial charge < -0.3 is 5.48 Å². The number of hydrogen-bond acceptors (Lipinski definition) is 2. The smallest absolute Gasteiger partial charge is 0.315 e. The van der Waals surface area contributed by atoms with Crippen molar-refractivity contribution in [1.29, 1.82) is 0 Å². The largest absolute Gasteiger partial charge is 0.870 e. The van der Waals surface area contributed by atoms with E-state index >= 15 is 0 Å². The fourth-order valence-electron chi connectivity index (χ4n) is 1.62. The van der Waals surface area contributed by atoms with E-state index < -0.39 is 8.07 Å². The zero-order chi connectivity index (χ0) is 13.2. The van der Waals surface area contributed by atoms with Crippen LogP contribution in [0.2, 0.25) is 19.6 Å². The van der Waals surface area contributed by atoms with E-state index in [4.69, 9.17) is 6.42 Å². The number of para-hydroxylation sites is 1. The van der Waals surface area contributed by atoms with E-state index in [2.05, 4.69) is 59.8 Å². The molecule has 0 spiro atoms. The summed E-state index contributed by atoms with van der Waals surface area (Å²) in [5.41, 5.74) is 4.59. The minimum absolute atomic E-state index is 0. The Morgan fingerprint density at radius 3 is 2.50 bits per heavy atom. The van der Waals surface area contributed by atoms with Gasteiger partial charge in [-0.25, -0.2) is 0 Å². The van der Waals surface area contributed by atoms with Gasteiger partial charge in [-0.3, -0.25) is 0 Å². The van der Waals surface area contributed by atoms with Gasteiger partial charge >= 0.3 is 5.01 Å². The Kier molecular flexibility index (Phi) is 7.44. The van der Waals surface area contributed by atoms with Crippen molar-refractivity contribution < 1.29 is 31.8 Å². The summed E-state index contributed by atoms with van der Waals surface area (Å²) in [4.78, 5) is 0. The normalized spacial score (nSPS) is 9.70. The van der Waals surface area contributed by atoms with Gasteiger partial charge in [0, 0.05) is 33.7 Å². The third-order valence-corrected chi connectivity index (χ3v) is 4.36. The molecule has 0 saturated carbocycles. The van der Waals surface area contributed by atoms with E-state index in [1.807, 2.05) is 6.07 Å². The SMILES string of the molecule is C#CC[n+]1c(C#C[Si](C)(C)C)sc2ccccc21.[OH-].[Ti]. The number of benzene rings is 1. The fraction of sp³-hybridized carbons (Fsp3) is 0.267. The average Bonchev–Trinajstić information content (AvgIpc) is 2.65. The molecule has 102 valence electrons. The van der Waals surface area contributed by atoms with Crippen LogP contribution in [0.1, 0.15) is 5.01 Å². The van der Waals surface area contributed by atoms with Crippen molar-refractivity contribution >= 4 is 29.6 Å². The Bertz CT molecular complexity index is 686. The molecule has 0 aliphatic rings. The first kappa shape index (κ1) is 19.1. The molecule has 0 aliphatic carbocycles. The van der Waals surface area contributed by atoms with E-state index in [0.717, 1.165) is 5.01 Å². The van der Waals surface area contributed by atoms with Gasteiger partial charge in [-0.05, 0) is 12.0 Å². The zero-order valence-electron chi connectivity index (χ0n) is 11.9. The van der Waals surface area contributed by atoms with Gasteiger partial charge in [-0.1, -0.05) is 43.1 Å². The maximum Gasteiger partial charge on any atom is 0.315 e. The van der Waals surface area contributed by atoms with Gasteiger partial charge in [-0.2, -0.15) is 4.57 Å². The Labute approximate surface area is 140 Å². The molecule has 1 heterocycles. The number of aromatic nitrogens is 1. The van der Waals surface area contributed by atoms with Gasteiger partial charge in [-0.15, -0.1) is 12.0 Å². The molecule has 2 aromatic rings. The fourth-order valence-corrected chi connectivity index (χ4v) is 3.21. The summed E-state index contributed by atoms with van der Waals surface area (Å²) in [6.07, 6.45) is 5.46. The molecule has 0 atom stereocenters. The van der Waals surface area contributed by atoms with E-state index in [0.29, 0.717) is 6.54 Å². The first-order chi connectivity index (χ1) is 8.51. The number of terminal acetylenes is 1. The first-order valence-corrected chi connectivity index (χ1v) is 10.2. The van der Waals surface area contributed by atoms with Crippen molar-refractivity contribution in [2.75, 3.05) is 0 Å². The minimum Gasteiger partial charge on any atom is -0.870 e. The van der Waals surface area contributed by atoms with Crippen LogP contribution in [0, 0.1) is 23.8 Å².